The maximum Gasteiger partial charge on any atom is 0.119 e. The van der Waals surface area contributed by atoms with Crippen molar-refractivity contribution in [2.45, 2.75) is 19.5 Å². The minimum Gasteiger partial charge on any atom is -0.358 e. The standard InChI is InChI=1S/C7H13FN2/c1-6(9-2)10-4-3-7(8)5-10/h7H,3-5H2,1-2H3/b9-6+/t7-/m1/s1. The quantitative estimate of drug-likeness (QED) is 0.367. The van der Waals surface area contributed by atoms with Crippen LogP contribution in [0, 0.1) is 0 Å². The number of amidine groups is 1. The molecule has 0 aromatic carbocycles. The van der Waals surface area contributed by atoms with E-state index in [1.54, 1.807) is 7.05 Å². The second kappa shape index (κ2) is 2.99. The van der Waals surface area contributed by atoms with Crippen molar-refractivity contribution in [2.24, 2.45) is 4.99 Å². The van der Waals surface area contributed by atoms with E-state index in [4.69, 9.17) is 0 Å². The van der Waals surface area contributed by atoms with Crippen LogP contribution in [-0.4, -0.2) is 37.0 Å². The molecule has 1 rings (SSSR count). The number of alkyl halides is 1. The molecule has 0 radical (unpaired) electrons. The van der Waals surface area contributed by atoms with Crippen molar-refractivity contribution in [3.05, 3.63) is 0 Å². The van der Waals surface area contributed by atoms with Gasteiger partial charge in [-0.05, 0) is 13.3 Å². The van der Waals surface area contributed by atoms with Crippen LogP contribution < -0.4 is 0 Å². The van der Waals surface area contributed by atoms with Gasteiger partial charge in [-0.25, -0.2) is 4.39 Å². The Labute approximate surface area is 60.7 Å². The van der Waals surface area contributed by atoms with Gasteiger partial charge in [-0.3, -0.25) is 4.99 Å². The molecule has 3 heteroatoms. The molecule has 1 fully saturated rings. The molecule has 0 aliphatic carbocycles. The van der Waals surface area contributed by atoms with E-state index in [1.165, 1.54) is 0 Å². The van der Waals surface area contributed by atoms with Gasteiger partial charge < -0.3 is 4.90 Å². The van der Waals surface area contributed by atoms with E-state index in [2.05, 4.69) is 4.99 Å². The van der Waals surface area contributed by atoms with Crippen LogP contribution >= 0.6 is 0 Å². The number of halogens is 1. The van der Waals surface area contributed by atoms with Gasteiger partial charge in [0.15, 0.2) is 0 Å². The third-order valence-corrected chi connectivity index (χ3v) is 1.91. The molecular weight excluding hydrogens is 131 g/mol. The lowest BCUT2D eigenvalue weighted by Crippen LogP contribution is -2.26. The average Bonchev–Trinajstić information content (AvgIpc) is 2.34. The summed E-state index contributed by atoms with van der Waals surface area (Å²) < 4.78 is 12.6. The van der Waals surface area contributed by atoms with E-state index in [1.807, 2.05) is 11.8 Å². The SMILES string of the molecule is C/N=C(\C)N1CC[C@@H](F)C1. The summed E-state index contributed by atoms with van der Waals surface area (Å²) in [4.78, 5) is 5.96. The van der Waals surface area contributed by atoms with Crippen molar-refractivity contribution < 1.29 is 4.39 Å². The van der Waals surface area contributed by atoms with E-state index in [9.17, 15) is 4.39 Å². The summed E-state index contributed by atoms with van der Waals surface area (Å²) in [5.74, 6) is 0.945. The maximum absolute atomic E-state index is 12.6. The third-order valence-electron chi connectivity index (χ3n) is 1.91. The molecule has 1 heterocycles. The first-order valence-electron chi connectivity index (χ1n) is 3.56. The first-order chi connectivity index (χ1) is 4.74. The number of likely N-dealkylation sites (tertiary alicyclic amines) is 1. The van der Waals surface area contributed by atoms with Crippen molar-refractivity contribution >= 4 is 5.84 Å². The smallest absolute Gasteiger partial charge is 0.119 e. The number of aliphatic imine (C=N–C) groups is 1. The minimum absolute atomic E-state index is 0.531. The lowest BCUT2D eigenvalue weighted by molar-refractivity contribution is 0.342. The number of hydrogen-bond donors (Lipinski definition) is 0. The van der Waals surface area contributed by atoms with Crippen molar-refractivity contribution in [3.63, 3.8) is 0 Å². The van der Waals surface area contributed by atoms with E-state index < -0.39 is 6.17 Å². The van der Waals surface area contributed by atoms with E-state index in [0.29, 0.717) is 13.0 Å². The van der Waals surface area contributed by atoms with E-state index in [0.717, 1.165) is 12.4 Å². The Bertz CT molecular complexity index is 145. The molecule has 10 heavy (non-hydrogen) atoms. The highest BCUT2D eigenvalue weighted by Gasteiger charge is 2.21. The van der Waals surface area contributed by atoms with Gasteiger partial charge in [-0.15, -0.1) is 0 Å². The van der Waals surface area contributed by atoms with Crippen LogP contribution in [0.5, 0.6) is 0 Å². The summed E-state index contributed by atoms with van der Waals surface area (Å²) >= 11 is 0. The highest BCUT2D eigenvalue weighted by Crippen LogP contribution is 2.12. The first kappa shape index (κ1) is 7.51. The second-order valence-corrected chi connectivity index (χ2v) is 2.60. The van der Waals surface area contributed by atoms with Crippen LogP contribution in [0.2, 0.25) is 0 Å². The molecule has 0 amide bonds. The van der Waals surface area contributed by atoms with Crippen molar-refractivity contribution in [1.29, 1.82) is 0 Å². The van der Waals surface area contributed by atoms with Crippen LogP contribution in [0.1, 0.15) is 13.3 Å². The third kappa shape index (κ3) is 1.46. The van der Waals surface area contributed by atoms with E-state index in [-0.39, 0.29) is 0 Å². The number of nitrogens with zero attached hydrogens (tertiary/aromatic N) is 2. The van der Waals surface area contributed by atoms with Gasteiger partial charge in [0, 0.05) is 13.6 Å². The summed E-state index contributed by atoms with van der Waals surface area (Å²) in [6.45, 7) is 3.27. The largest absolute Gasteiger partial charge is 0.358 e. The van der Waals surface area contributed by atoms with Gasteiger partial charge in [-0.2, -0.15) is 0 Å². The molecule has 0 spiro atoms. The Morgan fingerprint density at radius 1 is 1.70 bits per heavy atom. The van der Waals surface area contributed by atoms with Gasteiger partial charge in [0.05, 0.1) is 12.4 Å². The fraction of sp³-hybridized carbons (Fsp3) is 0.857. The number of rotatable bonds is 0. The zero-order valence-corrected chi connectivity index (χ0v) is 6.47. The normalized spacial score (nSPS) is 27.7. The molecule has 0 aromatic heterocycles. The molecule has 2 nitrogen and oxygen atoms in total. The topological polar surface area (TPSA) is 15.6 Å². The first-order valence-corrected chi connectivity index (χ1v) is 3.56. The van der Waals surface area contributed by atoms with E-state index >= 15 is 0 Å². The van der Waals surface area contributed by atoms with Gasteiger partial charge >= 0.3 is 0 Å². The Hall–Kier alpha value is -0.600. The molecule has 1 saturated heterocycles. The molecule has 0 saturated carbocycles. The van der Waals surface area contributed by atoms with Crippen LogP contribution in [0.15, 0.2) is 4.99 Å². The maximum atomic E-state index is 12.6. The zero-order chi connectivity index (χ0) is 7.56. The Balaban J connectivity index is 2.45. The summed E-state index contributed by atoms with van der Waals surface area (Å²) in [6.07, 6.45) is 0.0176. The highest BCUT2D eigenvalue weighted by atomic mass is 19.1. The summed E-state index contributed by atoms with van der Waals surface area (Å²) in [6, 6.07) is 0. The van der Waals surface area contributed by atoms with Crippen molar-refractivity contribution in [2.75, 3.05) is 20.1 Å². The zero-order valence-electron chi connectivity index (χ0n) is 6.47. The van der Waals surface area contributed by atoms with Gasteiger partial charge in [0.25, 0.3) is 0 Å². The lowest BCUT2D eigenvalue weighted by atomic mass is 10.3. The minimum atomic E-state index is -0.642. The molecule has 58 valence electrons. The fourth-order valence-electron chi connectivity index (χ4n) is 1.15. The van der Waals surface area contributed by atoms with Crippen LogP contribution in [0.25, 0.3) is 0 Å². The fourth-order valence-corrected chi connectivity index (χ4v) is 1.15. The molecule has 0 aromatic rings. The molecule has 0 N–H and O–H groups in total. The summed E-state index contributed by atoms with van der Waals surface area (Å²) in [5, 5.41) is 0. The Morgan fingerprint density at radius 3 is 2.80 bits per heavy atom. The van der Waals surface area contributed by atoms with Crippen LogP contribution in [-0.2, 0) is 0 Å². The monoisotopic (exact) mass is 144 g/mol. The van der Waals surface area contributed by atoms with Crippen LogP contribution in [0.4, 0.5) is 4.39 Å². The average molecular weight is 144 g/mol. The Morgan fingerprint density at radius 2 is 2.40 bits per heavy atom. The predicted molar refractivity (Wildman–Crippen MR) is 40.1 cm³/mol. The molecule has 0 unspecified atom stereocenters. The van der Waals surface area contributed by atoms with Gasteiger partial charge in [-0.1, -0.05) is 0 Å². The van der Waals surface area contributed by atoms with Gasteiger partial charge in [0.2, 0.25) is 0 Å². The predicted octanol–water partition coefficient (Wildman–Crippen LogP) is 1.08. The summed E-state index contributed by atoms with van der Waals surface area (Å²) in [7, 11) is 1.74. The molecule has 1 atom stereocenters. The summed E-state index contributed by atoms with van der Waals surface area (Å²) in [5.41, 5.74) is 0. The molecule has 0 bridgehead atoms. The molecule has 1 aliphatic rings. The van der Waals surface area contributed by atoms with Crippen molar-refractivity contribution in [1.82, 2.24) is 4.90 Å². The highest BCUT2D eigenvalue weighted by molar-refractivity contribution is 5.79. The molecule has 1 aliphatic heterocycles. The van der Waals surface area contributed by atoms with Crippen molar-refractivity contribution in [3.8, 4) is 0 Å². The lowest BCUT2D eigenvalue weighted by Gasteiger charge is -2.15. The number of hydrogen-bond acceptors (Lipinski definition) is 1. The molecular formula is C7H13FN2. The van der Waals surface area contributed by atoms with Gasteiger partial charge in [0.1, 0.15) is 6.17 Å². The second-order valence-electron chi connectivity index (χ2n) is 2.60. The Kier molecular flexibility index (Phi) is 2.25. The van der Waals surface area contributed by atoms with Crippen LogP contribution in [0.3, 0.4) is 0 Å².